The minimum Gasteiger partial charge on any atom is -0.396 e. The minimum absolute atomic E-state index is 0.201. The normalized spacial score (nSPS) is 24.2. The van der Waals surface area contributed by atoms with Gasteiger partial charge in [-0.1, -0.05) is 11.6 Å². The summed E-state index contributed by atoms with van der Waals surface area (Å²) in [7, 11) is 0. The minimum atomic E-state index is -0.290. The molecule has 0 atom stereocenters. The second kappa shape index (κ2) is 6.50. The largest absolute Gasteiger partial charge is 0.396 e. The fraction of sp³-hybridized carbons (Fsp3) is 0.571. The molecule has 0 unspecified atom stereocenters. The first-order valence-corrected chi connectivity index (χ1v) is 6.73. The van der Waals surface area contributed by atoms with Crippen LogP contribution in [0.5, 0.6) is 0 Å². The molecule has 1 aliphatic rings. The van der Waals surface area contributed by atoms with Gasteiger partial charge in [0.05, 0.1) is 12.7 Å². The highest BCUT2D eigenvalue weighted by Crippen LogP contribution is 2.27. The topological polar surface area (TPSA) is 29.5 Å². The monoisotopic (exact) mass is 272 g/mol. The smallest absolute Gasteiger partial charge is 0.123 e. The molecule has 0 radical (unpaired) electrons. The van der Waals surface area contributed by atoms with Crippen molar-refractivity contribution in [1.29, 1.82) is 0 Å². The molecule has 2 nitrogen and oxygen atoms in total. The number of aliphatic hydroxyl groups excluding tert-OH is 1. The van der Waals surface area contributed by atoms with E-state index >= 15 is 0 Å². The van der Waals surface area contributed by atoms with Gasteiger partial charge < -0.3 is 9.84 Å². The lowest BCUT2D eigenvalue weighted by Crippen LogP contribution is -2.23. The molecule has 1 N–H and O–H groups in total. The van der Waals surface area contributed by atoms with Gasteiger partial charge in [-0.2, -0.15) is 0 Å². The van der Waals surface area contributed by atoms with Crippen LogP contribution in [0.2, 0.25) is 5.02 Å². The fourth-order valence-electron chi connectivity index (χ4n) is 2.34. The van der Waals surface area contributed by atoms with Crippen LogP contribution in [0.25, 0.3) is 0 Å². The summed E-state index contributed by atoms with van der Waals surface area (Å²) in [6.45, 7) is 0.619. The van der Waals surface area contributed by atoms with Crippen LogP contribution in [0, 0.1) is 11.7 Å². The van der Waals surface area contributed by atoms with Crippen molar-refractivity contribution in [2.75, 3.05) is 6.61 Å². The van der Waals surface area contributed by atoms with Crippen molar-refractivity contribution in [2.24, 2.45) is 5.92 Å². The first-order valence-electron chi connectivity index (χ1n) is 6.35. The molecule has 1 saturated carbocycles. The van der Waals surface area contributed by atoms with Gasteiger partial charge in [-0.15, -0.1) is 0 Å². The average molecular weight is 273 g/mol. The summed E-state index contributed by atoms with van der Waals surface area (Å²) in [4.78, 5) is 0. The zero-order valence-electron chi connectivity index (χ0n) is 10.2. The molecule has 1 aromatic rings. The Labute approximate surface area is 112 Å². The third-order valence-corrected chi connectivity index (χ3v) is 3.90. The van der Waals surface area contributed by atoms with Crippen LogP contribution in [0.15, 0.2) is 18.2 Å². The Morgan fingerprint density at radius 2 is 2.00 bits per heavy atom. The van der Waals surface area contributed by atoms with Gasteiger partial charge >= 0.3 is 0 Å². The van der Waals surface area contributed by atoms with Crippen molar-refractivity contribution in [2.45, 2.75) is 38.4 Å². The fourth-order valence-corrected chi connectivity index (χ4v) is 2.51. The van der Waals surface area contributed by atoms with Gasteiger partial charge in [0.25, 0.3) is 0 Å². The molecule has 1 aliphatic carbocycles. The molecule has 4 heteroatoms. The number of ether oxygens (including phenoxy) is 1. The maximum Gasteiger partial charge on any atom is 0.123 e. The quantitative estimate of drug-likeness (QED) is 0.908. The second-order valence-electron chi connectivity index (χ2n) is 4.87. The molecule has 1 aromatic carbocycles. The van der Waals surface area contributed by atoms with Gasteiger partial charge in [-0.3, -0.25) is 0 Å². The third kappa shape index (κ3) is 3.67. The number of hydrogen-bond acceptors (Lipinski definition) is 2. The van der Waals surface area contributed by atoms with E-state index in [0.717, 1.165) is 25.7 Å². The molecule has 0 aliphatic heterocycles. The predicted molar refractivity (Wildman–Crippen MR) is 69.0 cm³/mol. The number of halogens is 2. The first kappa shape index (κ1) is 13.8. The lowest BCUT2D eigenvalue weighted by Gasteiger charge is -2.27. The zero-order chi connectivity index (χ0) is 13.0. The molecule has 2 rings (SSSR count). The summed E-state index contributed by atoms with van der Waals surface area (Å²) >= 11 is 5.98. The summed E-state index contributed by atoms with van der Waals surface area (Å²) in [6.07, 6.45) is 4.11. The third-order valence-electron chi connectivity index (χ3n) is 3.53. The van der Waals surface area contributed by atoms with E-state index in [0.29, 0.717) is 23.1 Å². The maximum atomic E-state index is 13.1. The highest BCUT2D eigenvalue weighted by Gasteiger charge is 2.21. The van der Waals surface area contributed by atoms with Gasteiger partial charge in [0, 0.05) is 11.6 Å². The number of hydrogen-bond donors (Lipinski definition) is 1. The lowest BCUT2D eigenvalue weighted by molar-refractivity contribution is 0.00115. The van der Waals surface area contributed by atoms with E-state index in [2.05, 4.69) is 0 Å². The van der Waals surface area contributed by atoms with E-state index in [4.69, 9.17) is 21.4 Å². The Kier molecular flexibility index (Phi) is 4.98. The van der Waals surface area contributed by atoms with E-state index in [1.807, 2.05) is 0 Å². The van der Waals surface area contributed by atoms with Gasteiger partial charge in [-0.25, -0.2) is 4.39 Å². The molecule has 1 fully saturated rings. The molecular weight excluding hydrogens is 255 g/mol. The highest BCUT2D eigenvalue weighted by molar-refractivity contribution is 6.31. The first-order chi connectivity index (χ1) is 8.69. The van der Waals surface area contributed by atoms with Crippen LogP contribution >= 0.6 is 11.6 Å². The summed E-state index contributed by atoms with van der Waals surface area (Å²) in [5.74, 6) is 0.129. The van der Waals surface area contributed by atoms with E-state index in [9.17, 15) is 4.39 Å². The SMILES string of the molecule is OCC1CCC(OCc2cc(F)ccc2Cl)CC1. The van der Waals surface area contributed by atoms with Gasteiger partial charge in [0.1, 0.15) is 5.82 Å². The molecule has 0 bridgehead atoms. The summed E-state index contributed by atoms with van der Waals surface area (Å²) in [6, 6.07) is 4.32. The van der Waals surface area contributed by atoms with E-state index < -0.39 is 0 Å². The number of aliphatic hydroxyl groups is 1. The summed E-state index contributed by atoms with van der Waals surface area (Å²) < 4.78 is 18.8. The number of rotatable bonds is 4. The standard InChI is InChI=1S/C14H18ClFO2/c15-14-6-3-12(16)7-11(14)9-18-13-4-1-10(8-17)2-5-13/h3,6-7,10,13,17H,1-2,4-5,8-9H2. The molecule has 0 spiro atoms. The van der Waals surface area contributed by atoms with Crippen molar-refractivity contribution in [3.63, 3.8) is 0 Å². The molecule has 100 valence electrons. The Morgan fingerprint density at radius 1 is 1.28 bits per heavy atom. The molecule has 0 aromatic heterocycles. The van der Waals surface area contributed by atoms with Crippen molar-refractivity contribution >= 4 is 11.6 Å². The van der Waals surface area contributed by atoms with E-state index in [1.54, 1.807) is 6.07 Å². The molecular formula is C14H18ClFO2. The van der Waals surface area contributed by atoms with Crippen LogP contribution in [-0.4, -0.2) is 17.8 Å². The molecule has 0 heterocycles. The Hall–Kier alpha value is -0.640. The van der Waals surface area contributed by atoms with Gasteiger partial charge in [0.15, 0.2) is 0 Å². The Balaban J connectivity index is 1.83. The van der Waals surface area contributed by atoms with E-state index in [1.165, 1.54) is 12.1 Å². The molecule has 0 amide bonds. The number of benzene rings is 1. The summed E-state index contributed by atoms with van der Waals surface area (Å²) in [5.41, 5.74) is 0.695. The van der Waals surface area contributed by atoms with Crippen LogP contribution in [-0.2, 0) is 11.3 Å². The maximum absolute atomic E-state index is 13.1. The lowest BCUT2D eigenvalue weighted by atomic mass is 9.88. The van der Waals surface area contributed by atoms with Crippen molar-refractivity contribution in [1.82, 2.24) is 0 Å². The average Bonchev–Trinajstić information content (AvgIpc) is 2.40. The van der Waals surface area contributed by atoms with Crippen molar-refractivity contribution < 1.29 is 14.2 Å². The van der Waals surface area contributed by atoms with Gasteiger partial charge in [-0.05, 0) is 55.4 Å². The van der Waals surface area contributed by atoms with Gasteiger partial charge in [0.2, 0.25) is 0 Å². The molecule has 0 saturated heterocycles. The van der Waals surface area contributed by atoms with E-state index in [-0.39, 0.29) is 18.5 Å². The zero-order valence-corrected chi connectivity index (χ0v) is 11.0. The Morgan fingerprint density at radius 3 is 2.67 bits per heavy atom. The van der Waals surface area contributed by atoms with Crippen LogP contribution in [0.4, 0.5) is 4.39 Å². The molecule has 18 heavy (non-hydrogen) atoms. The van der Waals surface area contributed by atoms with Crippen LogP contribution in [0.1, 0.15) is 31.2 Å². The van der Waals surface area contributed by atoms with Crippen molar-refractivity contribution in [3.8, 4) is 0 Å². The predicted octanol–water partition coefficient (Wildman–Crippen LogP) is 3.55. The second-order valence-corrected chi connectivity index (χ2v) is 5.28. The van der Waals surface area contributed by atoms with Crippen molar-refractivity contribution in [3.05, 3.63) is 34.6 Å². The highest BCUT2D eigenvalue weighted by atomic mass is 35.5. The Bertz CT molecular complexity index is 389. The van der Waals surface area contributed by atoms with Crippen LogP contribution < -0.4 is 0 Å². The summed E-state index contributed by atoms with van der Waals surface area (Å²) in [5, 5.41) is 9.59. The van der Waals surface area contributed by atoms with Crippen LogP contribution in [0.3, 0.4) is 0 Å².